The molecule has 0 aliphatic rings. The summed E-state index contributed by atoms with van der Waals surface area (Å²) in [5.41, 5.74) is 7.23. The van der Waals surface area contributed by atoms with Gasteiger partial charge in [0, 0.05) is 14.8 Å². The van der Waals surface area contributed by atoms with Crippen molar-refractivity contribution < 1.29 is 9.18 Å². The van der Waals surface area contributed by atoms with E-state index in [1.807, 2.05) is 22.6 Å². The van der Waals surface area contributed by atoms with Gasteiger partial charge in [0.05, 0.1) is 5.69 Å². The van der Waals surface area contributed by atoms with Crippen molar-refractivity contribution in [3.8, 4) is 0 Å². The molecule has 2 rings (SSSR count). The van der Waals surface area contributed by atoms with E-state index in [0.717, 1.165) is 0 Å². The maximum Gasteiger partial charge on any atom is 0.255 e. The van der Waals surface area contributed by atoms with E-state index in [2.05, 4.69) is 5.32 Å². The number of carbonyl (C=O) groups excluding carboxylic acids is 1. The predicted molar refractivity (Wildman–Crippen MR) is 77.9 cm³/mol. The van der Waals surface area contributed by atoms with Crippen LogP contribution in [0, 0.1) is 9.39 Å². The van der Waals surface area contributed by atoms with Gasteiger partial charge >= 0.3 is 0 Å². The first kappa shape index (κ1) is 12.8. The Morgan fingerprint density at radius 1 is 1.17 bits per heavy atom. The molecule has 18 heavy (non-hydrogen) atoms. The summed E-state index contributed by atoms with van der Waals surface area (Å²) in [6, 6.07) is 10.8. The highest BCUT2D eigenvalue weighted by atomic mass is 127. The first-order chi connectivity index (χ1) is 8.56. The summed E-state index contributed by atoms with van der Waals surface area (Å²) in [6.45, 7) is 0. The van der Waals surface area contributed by atoms with Gasteiger partial charge in [-0.05, 0) is 65.1 Å². The molecule has 2 aromatic rings. The fourth-order valence-electron chi connectivity index (χ4n) is 1.42. The number of nitrogens with two attached hydrogens (primary N) is 1. The van der Waals surface area contributed by atoms with E-state index in [1.165, 1.54) is 18.2 Å². The quantitative estimate of drug-likeness (QED) is 0.641. The summed E-state index contributed by atoms with van der Waals surface area (Å²) in [4.78, 5) is 11.9. The number of carbonyl (C=O) groups is 1. The molecule has 3 N–H and O–H groups in total. The van der Waals surface area contributed by atoms with Crippen LogP contribution in [0.25, 0.3) is 0 Å². The lowest BCUT2D eigenvalue weighted by Gasteiger charge is -2.07. The Labute approximate surface area is 117 Å². The second-order valence-electron chi connectivity index (χ2n) is 3.70. The molecule has 0 atom stereocenters. The number of hydrogen-bond donors (Lipinski definition) is 2. The summed E-state index contributed by atoms with van der Waals surface area (Å²) < 4.78 is 13.6. The highest BCUT2D eigenvalue weighted by Crippen LogP contribution is 2.20. The Bertz CT molecular complexity index is 584. The van der Waals surface area contributed by atoms with Crippen molar-refractivity contribution in [3.05, 3.63) is 57.4 Å². The van der Waals surface area contributed by atoms with Crippen LogP contribution in [0.2, 0.25) is 0 Å². The number of nitrogen functional groups attached to an aromatic ring is 1. The summed E-state index contributed by atoms with van der Waals surface area (Å²) in [6.07, 6.45) is 0. The van der Waals surface area contributed by atoms with Gasteiger partial charge in [0.15, 0.2) is 0 Å². The fourth-order valence-corrected chi connectivity index (χ4v) is 2.03. The standard InChI is InChI=1S/C13H10FIN2O/c14-9-3-6-12(11(15)7-9)17-13(18)8-1-4-10(16)5-2-8/h1-7H,16H2,(H,17,18). The molecule has 0 saturated heterocycles. The molecule has 0 saturated carbocycles. The molecule has 2 aromatic carbocycles. The minimum Gasteiger partial charge on any atom is -0.399 e. The average Bonchev–Trinajstić information content (AvgIpc) is 2.33. The second kappa shape index (κ2) is 5.34. The van der Waals surface area contributed by atoms with Gasteiger partial charge in [-0.3, -0.25) is 4.79 Å². The molecule has 0 aliphatic carbocycles. The summed E-state index contributed by atoms with van der Waals surface area (Å²) in [7, 11) is 0. The van der Waals surface area contributed by atoms with Crippen molar-refractivity contribution in [1.29, 1.82) is 0 Å². The van der Waals surface area contributed by atoms with Crippen LogP contribution in [0.15, 0.2) is 42.5 Å². The lowest BCUT2D eigenvalue weighted by Crippen LogP contribution is -2.12. The summed E-state index contributed by atoms with van der Waals surface area (Å²) in [5.74, 6) is -0.579. The molecule has 0 heterocycles. The molecule has 0 aliphatic heterocycles. The Kier molecular flexibility index (Phi) is 3.81. The van der Waals surface area contributed by atoms with Gasteiger partial charge in [0.1, 0.15) is 5.82 Å². The Morgan fingerprint density at radius 3 is 2.44 bits per heavy atom. The topological polar surface area (TPSA) is 55.1 Å². The van der Waals surface area contributed by atoms with Gasteiger partial charge in [-0.25, -0.2) is 4.39 Å². The number of anilines is 2. The van der Waals surface area contributed by atoms with Crippen molar-refractivity contribution in [3.63, 3.8) is 0 Å². The number of benzene rings is 2. The van der Waals surface area contributed by atoms with Gasteiger partial charge in [-0.1, -0.05) is 0 Å². The van der Waals surface area contributed by atoms with Crippen LogP contribution in [-0.2, 0) is 0 Å². The van der Waals surface area contributed by atoms with E-state index in [4.69, 9.17) is 5.73 Å². The molecule has 0 radical (unpaired) electrons. The van der Waals surface area contributed by atoms with Crippen LogP contribution in [0.5, 0.6) is 0 Å². The molecule has 0 fully saturated rings. The lowest BCUT2D eigenvalue weighted by molar-refractivity contribution is 0.102. The average molecular weight is 356 g/mol. The molecular formula is C13H10FIN2O. The zero-order valence-electron chi connectivity index (χ0n) is 9.28. The lowest BCUT2D eigenvalue weighted by atomic mass is 10.2. The largest absolute Gasteiger partial charge is 0.399 e. The number of halogens is 2. The molecule has 1 amide bonds. The van der Waals surface area contributed by atoms with Crippen molar-refractivity contribution in [2.75, 3.05) is 11.1 Å². The minimum absolute atomic E-state index is 0.250. The maximum absolute atomic E-state index is 12.9. The number of rotatable bonds is 2. The third-order valence-electron chi connectivity index (χ3n) is 2.35. The van der Waals surface area contributed by atoms with Gasteiger partial charge in [-0.15, -0.1) is 0 Å². The molecule has 5 heteroatoms. The normalized spacial score (nSPS) is 10.1. The van der Waals surface area contributed by atoms with Crippen molar-refractivity contribution in [2.24, 2.45) is 0 Å². The number of nitrogens with one attached hydrogen (secondary N) is 1. The Balaban J connectivity index is 2.18. The number of hydrogen-bond acceptors (Lipinski definition) is 2. The molecule has 0 bridgehead atoms. The van der Waals surface area contributed by atoms with Gasteiger partial charge in [0.25, 0.3) is 5.91 Å². The molecular weight excluding hydrogens is 346 g/mol. The Hall–Kier alpha value is -1.63. The maximum atomic E-state index is 12.9. The van der Waals surface area contributed by atoms with E-state index in [-0.39, 0.29) is 11.7 Å². The van der Waals surface area contributed by atoms with E-state index < -0.39 is 0 Å². The van der Waals surface area contributed by atoms with Crippen LogP contribution in [-0.4, -0.2) is 5.91 Å². The van der Waals surface area contributed by atoms with E-state index in [1.54, 1.807) is 24.3 Å². The fraction of sp³-hybridized carbons (Fsp3) is 0. The minimum atomic E-state index is -0.329. The van der Waals surface area contributed by atoms with Crippen molar-refractivity contribution in [1.82, 2.24) is 0 Å². The van der Waals surface area contributed by atoms with Crippen molar-refractivity contribution in [2.45, 2.75) is 0 Å². The zero-order chi connectivity index (χ0) is 13.1. The SMILES string of the molecule is Nc1ccc(C(=O)Nc2ccc(F)cc2I)cc1. The van der Waals surface area contributed by atoms with E-state index >= 15 is 0 Å². The highest BCUT2D eigenvalue weighted by molar-refractivity contribution is 14.1. The van der Waals surface area contributed by atoms with Gasteiger partial charge < -0.3 is 11.1 Å². The van der Waals surface area contributed by atoms with Crippen molar-refractivity contribution >= 4 is 39.9 Å². The van der Waals surface area contributed by atoms with E-state index in [9.17, 15) is 9.18 Å². The Morgan fingerprint density at radius 2 is 1.83 bits per heavy atom. The third-order valence-corrected chi connectivity index (χ3v) is 3.24. The smallest absolute Gasteiger partial charge is 0.255 e. The zero-order valence-corrected chi connectivity index (χ0v) is 11.4. The van der Waals surface area contributed by atoms with Crippen LogP contribution in [0.3, 0.4) is 0 Å². The van der Waals surface area contributed by atoms with Gasteiger partial charge in [-0.2, -0.15) is 0 Å². The third kappa shape index (κ3) is 2.98. The number of amides is 1. The van der Waals surface area contributed by atoms with Gasteiger partial charge in [0.2, 0.25) is 0 Å². The second-order valence-corrected chi connectivity index (χ2v) is 4.86. The molecule has 0 spiro atoms. The first-order valence-corrected chi connectivity index (χ1v) is 6.26. The van der Waals surface area contributed by atoms with Crippen LogP contribution < -0.4 is 11.1 Å². The first-order valence-electron chi connectivity index (χ1n) is 5.18. The monoisotopic (exact) mass is 356 g/mol. The summed E-state index contributed by atoms with van der Waals surface area (Å²) in [5, 5.41) is 2.72. The molecule has 0 aromatic heterocycles. The molecule has 3 nitrogen and oxygen atoms in total. The molecule has 0 unspecified atom stereocenters. The van der Waals surface area contributed by atoms with Crippen LogP contribution >= 0.6 is 22.6 Å². The predicted octanol–water partition coefficient (Wildman–Crippen LogP) is 3.26. The molecule has 92 valence electrons. The summed E-state index contributed by atoms with van der Waals surface area (Å²) >= 11 is 1.97. The van der Waals surface area contributed by atoms with E-state index in [0.29, 0.717) is 20.5 Å². The van der Waals surface area contributed by atoms with Crippen LogP contribution in [0.1, 0.15) is 10.4 Å². The highest BCUT2D eigenvalue weighted by Gasteiger charge is 2.08. The van der Waals surface area contributed by atoms with Crippen LogP contribution in [0.4, 0.5) is 15.8 Å².